The van der Waals surface area contributed by atoms with Gasteiger partial charge in [0.2, 0.25) is 0 Å². The van der Waals surface area contributed by atoms with Crippen LogP contribution in [0.15, 0.2) is 41.4 Å². The predicted octanol–water partition coefficient (Wildman–Crippen LogP) is 6.67. The molecule has 4 rings (SSSR count). The van der Waals surface area contributed by atoms with Gasteiger partial charge >= 0.3 is 12.1 Å². The number of halogens is 6. The van der Waals surface area contributed by atoms with E-state index in [0.717, 1.165) is 23.1 Å². The molecule has 0 radical (unpaired) electrons. The Bertz CT molecular complexity index is 1480. The van der Waals surface area contributed by atoms with Crippen LogP contribution in [0.4, 0.5) is 18.9 Å². The van der Waals surface area contributed by atoms with Crippen LogP contribution in [-0.4, -0.2) is 46.8 Å². The number of carbonyl (C=O) groups excluding carboxylic acids is 2. The number of imide groups is 1. The van der Waals surface area contributed by atoms with Crippen LogP contribution >= 0.6 is 34.8 Å². The number of rotatable bonds is 7. The van der Waals surface area contributed by atoms with E-state index in [4.69, 9.17) is 40.5 Å². The van der Waals surface area contributed by atoms with Crippen LogP contribution in [-0.2, 0) is 9.59 Å². The second-order valence-corrected chi connectivity index (χ2v) is 11.0. The molecule has 2 aromatic carbocycles. The fraction of sp³-hybridized carbons (Fsp3) is 0.321. The smallest absolute Gasteiger partial charge is 0.309 e. The first kappa shape index (κ1) is 30.6. The summed E-state index contributed by atoms with van der Waals surface area (Å²) < 4.78 is 42.9. The standard InChI is InChI=1S/C28H23Cl3F3N5O2/c1-38(27(36)39(25(40)16-4-5-16)26(41)17-6-7-17)14-37-23-9-3-15(10-19(23)13-35)2-8-20(28(32,33)34)18-11-21(29)24(31)22(30)12-18/h2-3,8-12,14,16-17,20,36H,4-7H2,1H3/p+1. The Morgan fingerprint density at radius 2 is 1.66 bits per heavy atom. The number of nitrogens with two attached hydrogens (primary N) is 1. The number of benzene rings is 2. The summed E-state index contributed by atoms with van der Waals surface area (Å²) in [6.45, 7) is 0. The van der Waals surface area contributed by atoms with E-state index >= 15 is 0 Å². The van der Waals surface area contributed by atoms with Crippen LogP contribution < -0.4 is 5.73 Å². The molecule has 1 unspecified atom stereocenters. The van der Waals surface area contributed by atoms with Gasteiger partial charge in [-0.25, -0.2) is 4.58 Å². The highest BCUT2D eigenvalue weighted by Gasteiger charge is 2.46. The van der Waals surface area contributed by atoms with Crippen molar-refractivity contribution in [2.75, 3.05) is 7.05 Å². The van der Waals surface area contributed by atoms with Gasteiger partial charge in [-0.1, -0.05) is 53.0 Å². The molecule has 41 heavy (non-hydrogen) atoms. The molecule has 2 amide bonds. The van der Waals surface area contributed by atoms with E-state index < -0.39 is 12.1 Å². The minimum atomic E-state index is -4.66. The number of carbonyl (C=O) groups is 2. The first-order valence-corrected chi connectivity index (χ1v) is 13.7. The predicted molar refractivity (Wildman–Crippen MR) is 151 cm³/mol. The minimum Gasteiger partial charge on any atom is -0.309 e. The average Bonchev–Trinajstić information content (AvgIpc) is 3.82. The summed E-state index contributed by atoms with van der Waals surface area (Å²) in [7, 11) is 1.52. The van der Waals surface area contributed by atoms with Crippen molar-refractivity contribution < 1.29 is 27.3 Å². The van der Waals surface area contributed by atoms with Crippen molar-refractivity contribution in [3.8, 4) is 6.07 Å². The summed E-state index contributed by atoms with van der Waals surface area (Å²) in [4.78, 5) is 30.7. The van der Waals surface area contributed by atoms with Gasteiger partial charge in [0, 0.05) is 0 Å². The summed E-state index contributed by atoms with van der Waals surface area (Å²) in [6, 6.07) is 8.51. The maximum absolute atomic E-state index is 13.9. The van der Waals surface area contributed by atoms with E-state index in [2.05, 4.69) is 4.99 Å². The van der Waals surface area contributed by atoms with E-state index in [1.54, 1.807) is 0 Å². The summed E-state index contributed by atoms with van der Waals surface area (Å²) in [5.41, 5.74) is 6.59. The van der Waals surface area contributed by atoms with Gasteiger partial charge < -0.3 is 5.73 Å². The van der Waals surface area contributed by atoms with Crippen molar-refractivity contribution in [1.29, 1.82) is 5.26 Å². The van der Waals surface area contributed by atoms with Crippen molar-refractivity contribution >= 4 is 70.7 Å². The molecular formula is C28H24Cl3F3N5O2+. The lowest BCUT2D eigenvalue weighted by Crippen LogP contribution is -2.51. The Morgan fingerprint density at radius 1 is 1.10 bits per heavy atom. The number of amides is 2. The Balaban J connectivity index is 1.58. The number of hydrogen-bond donors (Lipinski definition) is 1. The van der Waals surface area contributed by atoms with Gasteiger partial charge in [-0.2, -0.15) is 23.3 Å². The average molecular weight is 626 g/mol. The SMILES string of the molecule is C[N+](C=Nc1ccc(C=CC(c2cc(Cl)c(Cl)c(Cl)c2)C(F)(F)F)cc1C#N)=C(N)N(C(=O)C1CC1)C(=O)C1CC1. The van der Waals surface area contributed by atoms with Gasteiger partial charge in [-0.05, 0) is 61.1 Å². The largest absolute Gasteiger partial charge is 0.399 e. The Kier molecular flexibility index (Phi) is 9.12. The van der Waals surface area contributed by atoms with Gasteiger partial charge in [0.05, 0.1) is 45.4 Å². The van der Waals surface area contributed by atoms with Crippen LogP contribution in [0.5, 0.6) is 0 Å². The fourth-order valence-corrected chi connectivity index (χ4v) is 4.57. The Morgan fingerprint density at radius 3 is 2.15 bits per heavy atom. The van der Waals surface area contributed by atoms with Gasteiger partial charge in [-0.15, -0.1) is 4.99 Å². The van der Waals surface area contributed by atoms with Gasteiger partial charge in [0.1, 0.15) is 11.8 Å². The summed E-state index contributed by atoms with van der Waals surface area (Å²) in [6.07, 6.45) is 1.58. The second kappa shape index (κ2) is 12.2. The van der Waals surface area contributed by atoms with Gasteiger partial charge in [-0.3, -0.25) is 9.59 Å². The third kappa shape index (κ3) is 7.28. The van der Waals surface area contributed by atoms with Crippen LogP contribution in [0.25, 0.3) is 6.08 Å². The lowest BCUT2D eigenvalue weighted by molar-refractivity contribution is -0.367. The van der Waals surface area contributed by atoms with E-state index in [-0.39, 0.29) is 61.5 Å². The molecule has 0 bridgehead atoms. The number of guanidine groups is 1. The maximum Gasteiger partial charge on any atom is 0.399 e. The van der Waals surface area contributed by atoms with Crippen LogP contribution in [0.3, 0.4) is 0 Å². The molecule has 2 N–H and O–H groups in total. The Labute approximate surface area is 249 Å². The fourth-order valence-electron chi connectivity index (χ4n) is 3.96. The van der Waals surface area contributed by atoms with E-state index in [9.17, 15) is 28.0 Å². The first-order chi connectivity index (χ1) is 19.3. The van der Waals surface area contributed by atoms with Gasteiger partial charge in [0.25, 0.3) is 11.8 Å². The third-order valence-electron chi connectivity index (χ3n) is 6.59. The highest BCUT2D eigenvalue weighted by atomic mass is 35.5. The van der Waals surface area contributed by atoms with Crippen molar-refractivity contribution in [2.24, 2.45) is 22.6 Å². The number of hydrogen-bond acceptors (Lipinski definition) is 4. The minimum absolute atomic E-state index is 0.0430. The normalized spacial score (nSPS) is 16.9. The van der Waals surface area contributed by atoms with E-state index in [0.29, 0.717) is 31.2 Å². The summed E-state index contributed by atoms with van der Waals surface area (Å²) >= 11 is 17.7. The van der Waals surface area contributed by atoms with Crippen LogP contribution in [0, 0.1) is 23.2 Å². The summed E-state index contributed by atoms with van der Waals surface area (Å²) in [5, 5.41) is 9.39. The topological polar surface area (TPSA) is 103 Å². The molecule has 0 aliphatic heterocycles. The molecular weight excluding hydrogens is 602 g/mol. The molecule has 2 aliphatic rings. The molecule has 2 aromatic rings. The van der Waals surface area contributed by atoms with Crippen LogP contribution in [0.2, 0.25) is 15.1 Å². The zero-order valence-corrected chi connectivity index (χ0v) is 23.9. The first-order valence-electron chi connectivity index (χ1n) is 12.5. The monoisotopic (exact) mass is 624 g/mol. The molecule has 2 saturated carbocycles. The number of nitriles is 1. The van der Waals surface area contributed by atoms with E-state index in [1.165, 1.54) is 42.2 Å². The highest BCUT2D eigenvalue weighted by molar-refractivity contribution is 6.48. The van der Waals surface area contributed by atoms with Gasteiger partial charge in [0.15, 0.2) is 6.34 Å². The molecule has 214 valence electrons. The molecule has 1 atom stereocenters. The third-order valence-corrected chi connectivity index (χ3v) is 7.79. The number of alkyl halides is 3. The molecule has 13 heteroatoms. The molecule has 2 aliphatic carbocycles. The van der Waals surface area contributed by atoms with Crippen molar-refractivity contribution in [3.63, 3.8) is 0 Å². The molecule has 2 fully saturated rings. The van der Waals surface area contributed by atoms with Crippen molar-refractivity contribution in [3.05, 3.63) is 68.2 Å². The number of aliphatic imine (C=N–C) groups is 1. The number of nitrogens with zero attached hydrogens (tertiary/aromatic N) is 4. The zero-order valence-electron chi connectivity index (χ0n) is 21.6. The van der Waals surface area contributed by atoms with Crippen molar-refractivity contribution in [1.82, 2.24) is 4.90 Å². The van der Waals surface area contributed by atoms with Crippen molar-refractivity contribution in [2.45, 2.75) is 37.8 Å². The lowest BCUT2D eigenvalue weighted by Gasteiger charge is -2.18. The number of allylic oxidation sites excluding steroid dienone is 1. The summed E-state index contributed by atoms with van der Waals surface area (Å²) in [5.74, 6) is -3.26. The molecule has 0 saturated heterocycles. The molecule has 0 aromatic heterocycles. The second-order valence-electron chi connectivity index (χ2n) is 9.84. The Hall–Kier alpha value is -3.39. The zero-order chi connectivity index (χ0) is 30.1. The maximum atomic E-state index is 13.9. The molecule has 0 spiro atoms. The van der Waals surface area contributed by atoms with Crippen LogP contribution in [0.1, 0.15) is 48.3 Å². The quantitative estimate of drug-likeness (QED) is 0.122. The lowest BCUT2D eigenvalue weighted by atomic mass is 9.96. The highest BCUT2D eigenvalue weighted by Crippen LogP contribution is 2.41. The molecule has 0 heterocycles. The molecule has 7 nitrogen and oxygen atoms in total. The van der Waals surface area contributed by atoms with E-state index in [1.807, 2.05) is 6.07 Å².